The van der Waals surface area contributed by atoms with Gasteiger partial charge in [-0.05, 0) is 61.7 Å². The normalized spacial score (nSPS) is 15.2. The van der Waals surface area contributed by atoms with E-state index in [2.05, 4.69) is 21.3 Å². The molecule has 0 aliphatic carbocycles. The highest BCUT2D eigenvalue weighted by Crippen LogP contribution is 2.46. The van der Waals surface area contributed by atoms with Gasteiger partial charge in [-0.25, -0.2) is 9.97 Å². The Kier molecular flexibility index (Phi) is 9.54. The van der Waals surface area contributed by atoms with Crippen LogP contribution in [0.25, 0.3) is 21.7 Å². The summed E-state index contributed by atoms with van der Waals surface area (Å²) in [5.74, 6) is 1.93. The first kappa shape index (κ1) is 29.3. The van der Waals surface area contributed by atoms with Gasteiger partial charge in [0.05, 0.1) is 36.0 Å². The third-order valence-electron chi connectivity index (χ3n) is 7.11. The first-order valence-corrected chi connectivity index (χ1v) is 14.9. The number of piperidine rings is 1. The molecule has 10 heteroatoms. The van der Waals surface area contributed by atoms with E-state index in [4.69, 9.17) is 14.5 Å². The molecule has 218 valence electrons. The number of likely N-dealkylation sites (tertiary alicyclic amines) is 1. The molecule has 1 aliphatic heterocycles. The third kappa shape index (κ3) is 6.99. The van der Waals surface area contributed by atoms with Gasteiger partial charge in [0.2, 0.25) is 5.95 Å². The van der Waals surface area contributed by atoms with E-state index in [0.717, 1.165) is 82.8 Å². The molecule has 2 N–H and O–H groups in total. The van der Waals surface area contributed by atoms with Crippen LogP contribution in [0.15, 0.2) is 60.8 Å². The minimum Gasteiger partial charge on any atom is -0.497 e. The SMILES string of the molecule is COc1cccc(-c2c(-c3ccnc(Nc4cccc(OCCCN5CCCC(O)C5)c4)n3)sc(N(C)C)c2C#N)c1. The molecule has 42 heavy (non-hydrogen) atoms. The van der Waals surface area contributed by atoms with E-state index in [1.165, 1.54) is 11.3 Å². The van der Waals surface area contributed by atoms with Crippen LogP contribution in [0, 0.1) is 11.3 Å². The number of anilines is 3. The fraction of sp³-hybridized carbons (Fsp3) is 0.344. The molecule has 0 amide bonds. The molecular formula is C32H36N6O3S. The first-order valence-electron chi connectivity index (χ1n) is 14.1. The molecule has 4 aromatic rings. The summed E-state index contributed by atoms with van der Waals surface area (Å²) in [5, 5.41) is 24.2. The highest BCUT2D eigenvalue weighted by atomic mass is 32.1. The van der Waals surface area contributed by atoms with Gasteiger partial charge in [-0.1, -0.05) is 18.2 Å². The number of aliphatic hydroxyl groups excluding tert-OH is 1. The van der Waals surface area contributed by atoms with E-state index >= 15 is 0 Å². The average Bonchev–Trinajstić information content (AvgIpc) is 3.40. The van der Waals surface area contributed by atoms with Crippen molar-refractivity contribution < 1.29 is 14.6 Å². The highest BCUT2D eigenvalue weighted by molar-refractivity contribution is 7.20. The van der Waals surface area contributed by atoms with E-state index in [0.29, 0.717) is 18.1 Å². The number of aliphatic hydroxyl groups is 1. The second kappa shape index (κ2) is 13.7. The Labute approximate surface area is 251 Å². The van der Waals surface area contributed by atoms with Crippen molar-refractivity contribution in [2.24, 2.45) is 0 Å². The second-order valence-corrected chi connectivity index (χ2v) is 11.4. The summed E-state index contributed by atoms with van der Waals surface area (Å²) in [7, 11) is 5.51. The zero-order valence-corrected chi connectivity index (χ0v) is 25.0. The number of hydrogen-bond acceptors (Lipinski definition) is 10. The highest BCUT2D eigenvalue weighted by Gasteiger charge is 2.23. The Bertz CT molecular complexity index is 1550. The molecule has 1 aliphatic rings. The molecular weight excluding hydrogens is 548 g/mol. The number of nitriles is 1. The predicted octanol–water partition coefficient (Wildman–Crippen LogP) is 5.79. The van der Waals surface area contributed by atoms with Crippen LogP contribution in [0.3, 0.4) is 0 Å². The molecule has 2 aromatic carbocycles. The Hall–Kier alpha value is -4.17. The fourth-order valence-electron chi connectivity index (χ4n) is 5.12. The third-order valence-corrected chi connectivity index (χ3v) is 8.49. The van der Waals surface area contributed by atoms with E-state index < -0.39 is 0 Å². The molecule has 2 aromatic heterocycles. The first-order chi connectivity index (χ1) is 20.4. The molecule has 1 fully saturated rings. The lowest BCUT2D eigenvalue weighted by Gasteiger charge is -2.29. The van der Waals surface area contributed by atoms with Crippen LogP contribution >= 0.6 is 11.3 Å². The van der Waals surface area contributed by atoms with Crippen LogP contribution in [0.4, 0.5) is 16.6 Å². The van der Waals surface area contributed by atoms with E-state index in [1.54, 1.807) is 13.3 Å². The van der Waals surface area contributed by atoms with Crippen LogP contribution in [0.5, 0.6) is 11.5 Å². The number of β-amino-alcohol motifs (C(OH)–C–C–N with tert-alkyl or cyclic N) is 1. The number of ether oxygens (including phenoxy) is 2. The van der Waals surface area contributed by atoms with E-state index in [9.17, 15) is 10.4 Å². The maximum absolute atomic E-state index is 10.2. The molecule has 9 nitrogen and oxygen atoms in total. The predicted molar refractivity (Wildman–Crippen MR) is 168 cm³/mol. The monoisotopic (exact) mass is 584 g/mol. The quantitative estimate of drug-likeness (QED) is 0.212. The standard InChI is InChI=1S/C32H36N6O3S/c1-37(2)31-27(20-33)29(22-8-4-11-25(18-22)40-3)30(42-31)28-13-14-34-32(36-28)35-23-9-5-12-26(19-23)41-17-7-16-38-15-6-10-24(39)21-38/h4-5,8-9,11-14,18-19,24,39H,6-7,10,15-17,21H2,1-3H3,(H,34,35,36). The van der Waals surface area contributed by atoms with Crippen molar-refractivity contribution in [1.82, 2.24) is 14.9 Å². The van der Waals surface area contributed by atoms with Crippen LogP contribution in [0.2, 0.25) is 0 Å². The van der Waals surface area contributed by atoms with Crippen LogP contribution in [-0.4, -0.2) is 73.5 Å². The molecule has 0 spiro atoms. The van der Waals surface area contributed by atoms with Crippen molar-refractivity contribution >= 4 is 28.0 Å². The van der Waals surface area contributed by atoms with Crippen LogP contribution in [-0.2, 0) is 0 Å². The Morgan fingerprint density at radius 3 is 2.79 bits per heavy atom. The smallest absolute Gasteiger partial charge is 0.227 e. The van der Waals surface area contributed by atoms with Crippen molar-refractivity contribution in [2.75, 3.05) is 57.7 Å². The molecule has 1 atom stereocenters. The number of rotatable bonds is 11. The summed E-state index contributed by atoms with van der Waals surface area (Å²) in [6, 6.07) is 19.8. The largest absolute Gasteiger partial charge is 0.497 e. The van der Waals surface area contributed by atoms with Crippen molar-refractivity contribution in [3.63, 3.8) is 0 Å². The number of hydrogen-bond donors (Lipinski definition) is 2. The van der Waals surface area contributed by atoms with Gasteiger partial charge in [0, 0.05) is 50.7 Å². The summed E-state index contributed by atoms with van der Waals surface area (Å²) in [5.41, 5.74) is 3.84. The Morgan fingerprint density at radius 2 is 2.00 bits per heavy atom. The van der Waals surface area contributed by atoms with Crippen molar-refractivity contribution in [1.29, 1.82) is 5.26 Å². The van der Waals surface area contributed by atoms with Crippen LogP contribution in [0.1, 0.15) is 24.8 Å². The zero-order chi connectivity index (χ0) is 29.5. The lowest BCUT2D eigenvalue weighted by atomic mass is 10.00. The van der Waals surface area contributed by atoms with Gasteiger partial charge in [-0.15, -0.1) is 11.3 Å². The zero-order valence-electron chi connectivity index (χ0n) is 24.2. The van der Waals surface area contributed by atoms with Gasteiger partial charge in [0.1, 0.15) is 22.6 Å². The summed E-state index contributed by atoms with van der Waals surface area (Å²) in [4.78, 5) is 14.4. The Balaban J connectivity index is 1.33. The topological polar surface area (TPSA) is 107 Å². The second-order valence-electron chi connectivity index (χ2n) is 10.4. The van der Waals surface area contributed by atoms with Gasteiger partial charge in [0.25, 0.3) is 0 Å². The molecule has 1 saturated heterocycles. The minimum absolute atomic E-state index is 0.208. The summed E-state index contributed by atoms with van der Waals surface area (Å²) in [6.07, 6.45) is 4.35. The molecule has 0 radical (unpaired) electrons. The number of aromatic nitrogens is 2. The lowest BCUT2D eigenvalue weighted by Crippen LogP contribution is -2.39. The minimum atomic E-state index is -0.208. The molecule has 0 saturated carbocycles. The number of benzene rings is 2. The summed E-state index contributed by atoms with van der Waals surface area (Å²) >= 11 is 1.53. The van der Waals surface area contributed by atoms with Crippen molar-refractivity contribution in [3.05, 3.63) is 66.4 Å². The molecule has 5 rings (SSSR count). The number of methoxy groups -OCH3 is 1. The van der Waals surface area contributed by atoms with Crippen molar-refractivity contribution in [3.8, 4) is 39.3 Å². The van der Waals surface area contributed by atoms with Crippen molar-refractivity contribution in [2.45, 2.75) is 25.4 Å². The van der Waals surface area contributed by atoms with Gasteiger partial charge < -0.3 is 29.7 Å². The number of nitrogens with one attached hydrogen (secondary N) is 1. The Morgan fingerprint density at radius 1 is 1.17 bits per heavy atom. The molecule has 3 heterocycles. The van der Waals surface area contributed by atoms with Crippen LogP contribution < -0.4 is 19.7 Å². The molecule has 0 bridgehead atoms. The number of thiophene rings is 1. The van der Waals surface area contributed by atoms with Gasteiger partial charge in [-0.2, -0.15) is 5.26 Å². The fourth-order valence-corrected chi connectivity index (χ4v) is 6.29. The average molecular weight is 585 g/mol. The van der Waals surface area contributed by atoms with Gasteiger partial charge in [-0.3, -0.25) is 0 Å². The maximum atomic E-state index is 10.2. The van der Waals surface area contributed by atoms with Gasteiger partial charge >= 0.3 is 0 Å². The van der Waals surface area contributed by atoms with Gasteiger partial charge in [0.15, 0.2) is 0 Å². The lowest BCUT2D eigenvalue weighted by molar-refractivity contribution is 0.0679. The maximum Gasteiger partial charge on any atom is 0.227 e. The number of nitrogens with zero attached hydrogens (tertiary/aromatic N) is 5. The van der Waals surface area contributed by atoms with E-state index in [1.807, 2.05) is 73.6 Å². The molecule has 1 unspecified atom stereocenters. The van der Waals surface area contributed by atoms with E-state index in [-0.39, 0.29) is 6.10 Å². The summed E-state index contributed by atoms with van der Waals surface area (Å²) in [6.45, 7) is 3.30. The summed E-state index contributed by atoms with van der Waals surface area (Å²) < 4.78 is 11.5.